The van der Waals surface area contributed by atoms with Crippen LogP contribution in [0, 0.1) is 49.4 Å². The molecular weight excluding hydrogens is 681 g/mol. The molecule has 0 amide bonds. The molecule has 1 aliphatic heterocycles. The minimum atomic E-state index is 0.0821. The molecule has 0 N–H and O–H groups in total. The molecule has 4 heteroatoms. The molecule has 0 bridgehead atoms. The van der Waals surface area contributed by atoms with Crippen LogP contribution in [0.3, 0.4) is 0 Å². The first-order valence-corrected chi connectivity index (χ1v) is 20.3. The zero-order chi connectivity index (χ0) is 38.0. The standard InChI is InChI=1S/C52H46N4/c1-5-27-52-31-40(52)29-44-48(43-26-24-34-13-10-11-18-42(34)49(43)56-50(44)45(52)6-2)37-22-20-36(21-23-37)47-30-46(35-14-8-7-9-15-35)54-51(55-47)39-17-12-16-38(28-39)41-25-19-32(3)53-33(41)4/h2,5,7-9,11-12,14-20,22,24-28,30,40,44-45,50H,10,13,21,23,29,31H2,1,3-4H3/b27-5-/t40-,44?,45?,50?,52?/m1/s1. The second-order valence-corrected chi connectivity index (χ2v) is 16.4. The molecule has 5 atom stereocenters. The van der Waals surface area contributed by atoms with Crippen LogP contribution >= 0.6 is 0 Å². The van der Waals surface area contributed by atoms with E-state index in [1.165, 1.54) is 39.5 Å². The van der Waals surface area contributed by atoms with E-state index in [9.17, 15) is 0 Å². The highest BCUT2D eigenvalue weighted by atomic mass is 14.9. The lowest BCUT2D eigenvalue weighted by molar-refractivity contribution is 0.240. The second kappa shape index (κ2) is 13.7. The summed E-state index contributed by atoms with van der Waals surface area (Å²) in [4.78, 5) is 20.8. The van der Waals surface area contributed by atoms with Gasteiger partial charge in [-0.3, -0.25) is 9.98 Å². The van der Waals surface area contributed by atoms with E-state index < -0.39 is 0 Å². The second-order valence-electron chi connectivity index (χ2n) is 16.4. The summed E-state index contributed by atoms with van der Waals surface area (Å²) in [5.41, 5.74) is 15.2. The van der Waals surface area contributed by atoms with Gasteiger partial charge in [0, 0.05) is 50.2 Å². The summed E-state index contributed by atoms with van der Waals surface area (Å²) >= 11 is 0. The SMILES string of the molecule is C#CC1C2N=c3c4c(ccc3=C(C3=CC=C(c5cc(-c6ccccc6)nc(-c6cccc(-c7ccc(C)nc7C)c6)n5)CC3)C2C[C@@H]2CC12/C=C\C)CCC=C4. The maximum absolute atomic E-state index is 6.46. The number of fused-ring (bicyclic) bond motifs is 5. The van der Waals surface area contributed by atoms with Crippen LogP contribution in [0.5, 0.6) is 0 Å². The van der Waals surface area contributed by atoms with Gasteiger partial charge in [-0.05, 0) is 111 Å². The summed E-state index contributed by atoms with van der Waals surface area (Å²) in [6, 6.07) is 30.3. The Morgan fingerprint density at radius 2 is 1.61 bits per heavy atom. The van der Waals surface area contributed by atoms with Crippen molar-refractivity contribution in [3.05, 3.63) is 160 Å². The van der Waals surface area contributed by atoms with Crippen molar-refractivity contribution >= 4 is 17.2 Å². The Labute approximate surface area is 330 Å². The van der Waals surface area contributed by atoms with Crippen LogP contribution in [0.15, 0.2) is 126 Å². The van der Waals surface area contributed by atoms with Crippen LogP contribution < -0.4 is 10.6 Å². The Bertz CT molecular complexity index is 2720. The fourth-order valence-electron chi connectivity index (χ4n) is 10.4. The van der Waals surface area contributed by atoms with Crippen molar-refractivity contribution in [1.29, 1.82) is 0 Å². The topological polar surface area (TPSA) is 51.0 Å². The number of pyridine rings is 1. The molecule has 4 aliphatic carbocycles. The van der Waals surface area contributed by atoms with Crippen molar-refractivity contribution in [1.82, 2.24) is 15.0 Å². The Balaban J connectivity index is 1.08. The molecule has 2 fully saturated rings. The number of allylic oxidation sites excluding steroid dienone is 7. The minimum absolute atomic E-state index is 0.0821. The lowest BCUT2D eigenvalue weighted by Gasteiger charge is -2.41. The van der Waals surface area contributed by atoms with E-state index in [4.69, 9.17) is 26.4 Å². The summed E-state index contributed by atoms with van der Waals surface area (Å²) in [5, 5.41) is 2.47. The van der Waals surface area contributed by atoms with Gasteiger partial charge in [0.2, 0.25) is 0 Å². The Kier molecular flexibility index (Phi) is 8.44. The average molecular weight is 727 g/mol. The molecule has 3 aromatic carbocycles. The minimum Gasteiger partial charge on any atom is -0.279 e. The highest BCUT2D eigenvalue weighted by Crippen LogP contribution is 2.68. The number of terminal acetylenes is 1. The molecule has 0 saturated heterocycles. The van der Waals surface area contributed by atoms with Crippen LogP contribution in [0.2, 0.25) is 0 Å². The molecule has 2 saturated carbocycles. The van der Waals surface area contributed by atoms with Crippen LogP contribution in [-0.4, -0.2) is 21.0 Å². The molecule has 10 rings (SSSR count). The maximum Gasteiger partial charge on any atom is 0.160 e. The predicted molar refractivity (Wildman–Crippen MR) is 228 cm³/mol. The fraction of sp³-hybridized carbons (Fsp3) is 0.269. The van der Waals surface area contributed by atoms with Gasteiger partial charge in [-0.25, -0.2) is 9.97 Å². The highest BCUT2D eigenvalue weighted by molar-refractivity contribution is 5.79. The highest BCUT2D eigenvalue weighted by Gasteiger charge is 2.64. The Morgan fingerprint density at radius 1 is 0.804 bits per heavy atom. The molecule has 4 nitrogen and oxygen atoms in total. The third-order valence-corrected chi connectivity index (χ3v) is 13.1. The van der Waals surface area contributed by atoms with Crippen molar-refractivity contribution in [2.45, 2.75) is 65.3 Å². The van der Waals surface area contributed by atoms with Gasteiger partial charge in [-0.2, -0.15) is 0 Å². The van der Waals surface area contributed by atoms with Gasteiger partial charge in [0.25, 0.3) is 0 Å². The molecule has 3 heterocycles. The molecule has 4 unspecified atom stereocenters. The number of aromatic nitrogens is 3. The fourth-order valence-corrected chi connectivity index (χ4v) is 10.4. The lowest BCUT2D eigenvalue weighted by Crippen LogP contribution is -2.48. The largest absolute Gasteiger partial charge is 0.279 e. The zero-order valence-electron chi connectivity index (χ0n) is 32.5. The van der Waals surface area contributed by atoms with Crippen molar-refractivity contribution in [2.75, 3.05) is 0 Å². The molecular formula is C52H46N4. The lowest BCUT2D eigenvalue weighted by atomic mass is 9.65. The van der Waals surface area contributed by atoms with Gasteiger partial charge < -0.3 is 0 Å². The first-order valence-electron chi connectivity index (χ1n) is 20.3. The summed E-state index contributed by atoms with van der Waals surface area (Å²) in [5.74, 6) is 5.07. The number of benzene rings is 3. The van der Waals surface area contributed by atoms with Gasteiger partial charge >= 0.3 is 0 Å². The number of hydrogen-bond acceptors (Lipinski definition) is 4. The van der Waals surface area contributed by atoms with E-state index in [2.05, 4.69) is 141 Å². The van der Waals surface area contributed by atoms with Gasteiger partial charge in [0.15, 0.2) is 5.82 Å². The van der Waals surface area contributed by atoms with Gasteiger partial charge in [0.05, 0.1) is 28.7 Å². The molecule has 0 radical (unpaired) electrons. The van der Waals surface area contributed by atoms with Crippen molar-refractivity contribution in [3.8, 4) is 46.1 Å². The third-order valence-electron chi connectivity index (χ3n) is 13.1. The zero-order valence-corrected chi connectivity index (χ0v) is 32.5. The van der Waals surface area contributed by atoms with E-state index >= 15 is 0 Å². The molecule has 274 valence electrons. The number of hydrogen-bond donors (Lipinski definition) is 0. The van der Waals surface area contributed by atoms with Crippen LogP contribution in [0.25, 0.3) is 51.0 Å². The van der Waals surface area contributed by atoms with Crippen molar-refractivity contribution in [3.63, 3.8) is 0 Å². The normalized spacial score (nSPS) is 24.5. The van der Waals surface area contributed by atoms with Gasteiger partial charge in [0.1, 0.15) is 0 Å². The number of aryl methyl sites for hydroxylation is 3. The summed E-state index contributed by atoms with van der Waals surface area (Å²) in [7, 11) is 0. The smallest absolute Gasteiger partial charge is 0.160 e. The number of nitrogens with zero attached hydrogens (tertiary/aromatic N) is 4. The van der Waals surface area contributed by atoms with Crippen LogP contribution in [0.1, 0.15) is 67.2 Å². The first-order chi connectivity index (χ1) is 27.4. The van der Waals surface area contributed by atoms with Gasteiger partial charge in [-0.1, -0.05) is 103 Å². The van der Waals surface area contributed by atoms with E-state index in [0.29, 0.717) is 11.8 Å². The Morgan fingerprint density at radius 3 is 2.41 bits per heavy atom. The molecule has 5 aromatic rings. The average Bonchev–Trinajstić information content (AvgIpc) is 3.95. The van der Waals surface area contributed by atoms with E-state index in [1.54, 1.807) is 0 Å². The van der Waals surface area contributed by atoms with Gasteiger partial charge in [-0.15, -0.1) is 12.3 Å². The first kappa shape index (κ1) is 34.6. The molecule has 56 heavy (non-hydrogen) atoms. The van der Waals surface area contributed by atoms with Crippen LogP contribution in [0.4, 0.5) is 0 Å². The number of rotatable bonds is 6. The third kappa shape index (κ3) is 5.76. The van der Waals surface area contributed by atoms with Crippen molar-refractivity contribution < 1.29 is 0 Å². The van der Waals surface area contributed by atoms with E-state index in [0.717, 1.165) is 88.3 Å². The molecule has 5 aliphatic rings. The summed E-state index contributed by atoms with van der Waals surface area (Å²) in [6.45, 7) is 6.24. The molecule has 0 spiro atoms. The van der Waals surface area contributed by atoms with E-state index in [1.807, 2.05) is 6.92 Å². The van der Waals surface area contributed by atoms with Crippen molar-refractivity contribution in [2.24, 2.45) is 28.2 Å². The predicted octanol–water partition coefficient (Wildman–Crippen LogP) is 10.3. The summed E-state index contributed by atoms with van der Waals surface area (Å²) in [6.07, 6.45) is 26.7. The Hall–Kier alpha value is -5.92. The maximum atomic E-state index is 6.46. The summed E-state index contributed by atoms with van der Waals surface area (Å²) < 4.78 is 0. The monoisotopic (exact) mass is 726 g/mol. The van der Waals surface area contributed by atoms with E-state index in [-0.39, 0.29) is 17.4 Å². The molecule has 2 aromatic heterocycles. The quantitative estimate of drug-likeness (QED) is 0.129. The van der Waals surface area contributed by atoms with Crippen LogP contribution in [-0.2, 0) is 6.42 Å².